The number of hydrogen-bond acceptors (Lipinski definition) is 4. The molecule has 2 amide bonds. The van der Waals surface area contributed by atoms with Gasteiger partial charge in [0.05, 0.1) is 6.54 Å². The van der Waals surface area contributed by atoms with Crippen LogP contribution in [0.15, 0.2) is 0 Å². The highest BCUT2D eigenvalue weighted by Crippen LogP contribution is 2.31. The third-order valence-corrected chi connectivity index (χ3v) is 6.34. The Morgan fingerprint density at radius 2 is 1.74 bits per heavy atom. The van der Waals surface area contributed by atoms with E-state index >= 15 is 0 Å². The van der Waals surface area contributed by atoms with E-state index < -0.39 is 0 Å². The van der Waals surface area contributed by atoms with E-state index in [1.165, 1.54) is 6.42 Å². The van der Waals surface area contributed by atoms with E-state index in [-0.39, 0.29) is 11.8 Å². The van der Waals surface area contributed by atoms with Crippen LogP contribution in [0.4, 0.5) is 0 Å². The summed E-state index contributed by atoms with van der Waals surface area (Å²) < 4.78 is 2.22. The fraction of sp³-hybridized carbons (Fsp3) is 0.800. The van der Waals surface area contributed by atoms with Crippen molar-refractivity contribution in [1.82, 2.24) is 24.6 Å². The van der Waals surface area contributed by atoms with Gasteiger partial charge in [-0.2, -0.15) is 0 Å². The van der Waals surface area contributed by atoms with E-state index in [2.05, 4.69) is 28.6 Å². The van der Waals surface area contributed by atoms with E-state index in [1.807, 2.05) is 9.80 Å². The van der Waals surface area contributed by atoms with Crippen LogP contribution in [0.1, 0.15) is 69.9 Å². The zero-order valence-corrected chi connectivity index (χ0v) is 16.6. The quantitative estimate of drug-likeness (QED) is 0.811. The minimum atomic E-state index is 0.242. The predicted octanol–water partition coefficient (Wildman–Crippen LogP) is 2.17. The van der Waals surface area contributed by atoms with Crippen LogP contribution in [0, 0.1) is 11.8 Å². The lowest BCUT2D eigenvalue weighted by atomic mass is 9.84. The molecule has 27 heavy (non-hydrogen) atoms. The smallest absolute Gasteiger partial charge is 0.226 e. The molecule has 7 nitrogen and oxygen atoms in total. The van der Waals surface area contributed by atoms with Crippen molar-refractivity contribution in [3.63, 3.8) is 0 Å². The number of piperidine rings is 1. The highest BCUT2D eigenvalue weighted by molar-refractivity contribution is 5.79. The van der Waals surface area contributed by atoms with Gasteiger partial charge in [0.25, 0.3) is 0 Å². The zero-order valence-electron chi connectivity index (χ0n) is 16.6. The molecule has 0 unspecified atom stereocenters. The monoisotopic (exact) mass is 373 g/mol. The molecule has 1 saturated carbocycles. The van der Waals surface area contributed by atoms with Crippen molar-refractivity contribution >= 4 is 11.8 Å². The number of aromatic nitrogens is 3. The second-order valence-electron chi connectivity index (χ2n) is 8.77. The zero-order chi connectivity index (χ0) is 19.0. The Bertz CT molecular complexity index is 701. The van der Waals surface area contributed by atoms with E-state index in [0.717, 1.165) is 63.5 Å². The number of carbonyl (C=O) groups is 2. The van der Waals surface area contributed by atoms with Gasteiger partial charge in [-0.3, -0.25) is 9.59 Å². The normalized spacial score (nSPS) is 21.3. The maximum atomic E-state index is 12.5. The van der Waals surface area contributed by atoms with Crippen molar-refractivity contribution in [1.29, 1.82) is 0 Å². The molecule has 0 aromatic carbocycles. The lowest BCUT2D eigenvalue weighted by Gasteiger charge is -2.35. The molecule has 0 atom stereocenters. The molecule has 2 aliphatic heterocycles. The van der Waals surface area contributed by atoms with Crippen LogP contribution in [0.2, 0.25) is 0 Å². The van der Waals surface area contributed by atoms with E-state index in [4.69, 9.17) is 0 Å². The molecule has 1 saturated heterocycles. The van der Waals surface area contributed by atoms with Gasteiger partial charge in [0.2, 0.25) is 11.8 Å². The minimum absolute atomic E-state index is 0.242. The summed E-state index contributed by atoms with van der Waals surface area (Å²) in [5, 5.41) is 8.88. The lowest BCUT2D eigenvalue weighted by molar-refractivity contribution is -0.139. The number of rotatable bonds is 4. The average Bonchev–Trinajstić information content (AvgIpc) is 3.03. The molecule has 1 aromatic rings. The van der Waals surface area contributed by atoms with Crippen LogP contribution in [0.3, 0.4) is 0 Å². The van der Waals surface area contributed by atoms with Crippen molar-refractivity contribution in [3.8, 4) is 0 Å². The van der Waals surface area contributed by atoms with Crippen molar-refractivity contribution in [2.24, 2.45) is 11.8 Å². The summed E-state index contributed by atoms with van der Waals surface area (Å²) in [6.07, 6.45) is 5.81. The molecule has 0 spiro atoms. The fourth-order valence-corrected chi connectivity index (χ4v) is 4.45. The molecule has 3 aliphatic rings. The molecule has 148 valence electrons. The largest absolute Gasteiger partial charge is 0.343 e. The first-order valence-electron chi connectivity index (χ1n) is 10.5. The lowest BCUT2D eigenvalue weighted by Crippen LogP contribution is -2.44. The molecule has 0 bridgehead atoms. The summed E-state index contributed by atoms with van der Waals surface area (Å²) in [4.78, 5) is 28.7. The van der Waals surface area contributed by atoms with E-state index in [0.29, 0.717) is 30.7 Å². The fourth-order valence-electron chi connectivity index (χ4n) is 4.45. The number of fused-ring (bicyclic) bond motifs is 1. The van der Waals surface area contributed by atoms with Crippen molar-refractivity contribution in [2.45, 2.75) is 71.4 Å². The van der Waals surface area contributed by atoms with Gasteiger partial charge in [-0.1, -0.05) is 20.3 Å². The van der Waals surface area contributed by atoms with Crippen LogP contribution in [-0.4, -0.2) is 56.0 Å². The van der Waals surface area contributed by atoms with E-state index in [9.17, 15) is 9.59 Å². The molecule has 2 fully saturated rings. The summed E-state index contributed by atoms with van der Waals surface area (Å²) in [5.41, 5.74) is 0. The summed E-state index contributed by atoms with van der Waals surface area (Å²) in [6.45, 7) is 7.95. The van der Waals surface area contributed by atoms with Crippen LogP contribution in [-0.2, 0) is 22.7 Å². The van der Waals surface area contributed by atoms with Crippen LogP contribution < -0.4 is 0 Å². The van der Waals surface area contributed by atoms with Gasteiger partial charge in [0, 0.05) is 44.4 Å². The van der Waals surface area contributed by atoms with Crippen LogP contribution in [0.5, 0.6) is 0 Å². The van der Waals surface area contributed by atoms with Crippen molar-refractivity contribution in [3.05, 3.63) is 11.6 Å². The maximum absolute atomic E-state index is 12.5. The van der Waals surface area contributed by atoms with Gasteiger partial charge < -0.3 is 14.4 Å². The summed E-state index contributed by atoms with van der Waals surface area (Å²) in [7, 11) is 0. The highest BCUT2D eigenvalue weighted by Gasteiger charge is 2.34. The van der Waals surface area contributed by atoms with Gasteiger partial charge in [0.1, 0.15) is 5.82 Å². The first-order valence-corrected chi connectivity index (χ1v) is 10.5. The Balaban J connectivity index is 1.36. The van der Waals surface area contributed by atoms with Crippen molar-refractivity contribution < 1.29 is 9.59 Å². The third kappa shape index (κ3) is 3.73. The molecule has 4 rings (SSSR count). The van der Waals surface area contributed by atoms with Gasteiger partial charge in [0.15, 0.2) is 5.82 Å². The molecular weight excluding hydrogens is 342 g/mol. The second kappa shape index (κ2) is 7.60. The number of hydrogen-bond donors (Lipinski definition) is 0. The first kappa shape index (κ1) is 18.4. The molecule has 1 aliphatic carbocycles. The summed E-state index contributed by atoms with van der Waals surface area (Å²) in [5.74, 6) is 3.56. The average molecular weight is 374 g/mol. The standard InChI is InChI=1S/C20H31N5O2/c1-14(2)12-18(26)23-8-6-15(7-9-23)19-22-21-17-13-24(10-11-25(17)19)20(27)16-4-3-5-16/h14-16H,3-13H2,1-2H3. The number of nitrogens with zero attached hydrogens (tertiary/aromatic N) is 5. The Kier molecular flexibility index (Phi) is 5.19. The molecule has 0 N–H and O–H groups in total. The Hall–Kier alpha value is -1.92. The minimum Gasteiger partial charge on any atom is -0.343 e. The van der Waals surface area contributed by atoms with Crippen molar-refractivity contribution in [2.75, 3.05) is 19.6 Å². The second-order valence-corrected chi connectivity index (χ2v) is 8.77. The van der Waals surface area contributed by atoms with Gasteiger partial charge >= 0.3 is 0 Å². The van der Waals surface area contributed by atoms with Crippen LogP contribution in [0.25, 0.3) is 0 Å². The highest BCUT2D eigenvalue weighted by atomic mass is 16.2. The number of amides is 2. The van der Waals surface area contributed by atoms with Gasteiger partial charge in [-0.25, -0.2) is 0 Å². The molecule has 7 heteroatoms. The topological polar surface area (TPSA) is 71.3 Å². The van der Waals surface area contributed by atoms with Crippen LogP contribution >= 0.6 is 0 Å². The molecule has 0 radical (unpaired) electrons. The van der Waals surface area contributed by atoms with Gasteiger partial charge in [-0.05, 0) is 31.6 Å². The third-order valence-electron chi connectivity index (χ3n) is 6.34. The Morgan fingerprint density at radius 3 is 2.37 bits per heavy atom. The first-order chi connectivity index (χ1) is 13.0. The number of carbonyl (C=O) groups excluding carboxylic acids is 2. The predicted molar refractivity (Wildman–Crippen MR) is 101 cm³/mol. The summed E-state index contributed by atoms with van der Waals surface area (Å²) >= 11 is 0. The summed E-state index contributed by atoms with van der Waals surface area (Å²) in [6, 6.07) is 0. The SMILES string of the molecule is CC(C)CC(=O)N1CCC(c2nnc3n2CCN(C(=O)C2CCC2)C3)CC1. The Morgan fingerprint density at radius 1 is 1.00 bits per heavy atom. The number of likely N-dealkylation sites (tertiary alicyclic amines) is 1. The molecular formula is C20H31N5O2. The maximum Gasteiger partial charge on any atom is 0.226 e. The molecule has 3 heterocycles. The Labute approximate surface area is 161 Å². The van der Waals surface area contributed by atoms with E-state index in [1.54, 1.807) is 0 Å². The molecule has 1 aromatic heterocycles. The van der Waals surface area contributed by atoms with Gasteiger partial charge in [-0.15, -0.1) is 10.2 Å².